The second-order valence-corrected chi connectivity index (χ2v) is 5.74. The molecule has 8 nitrogen and oxygen atoms in total. The fourth-order valence-electron chi connectivity index (χ4n) is 1.76. The Morgan fingerprint density at radius 3 is 3.00 bits per heavy atom. The summed E-state index contributed by atoms with van der Waals surface area (Å²) in [4.78, 5) is 21.8. The third-order valence-electron chi connectivity index (χ3n) is 2.98. The third-order valence-corrected chi connectivity index (χ3v) is 3.80. The Kier molecular flexibility index (Phi) is 4.05. The van der Waals surface area contributed by atoms with Crippen LogP contribution in [0.3, 0.4) is 0 Å². The van der Waals surface area contributed by atoms with Crippen LogP contribution < -0.4 is 5.32 Å². The largest absolute Gasteiger partial charge is 0.411 e. The van der Waals surface area contributed by atoms with E-state index in [2.05, 4.69) is 15.5 Å². The number of hydrogen-bond acceptors (Lipinski definition) is 7. The Bertz CT molecular complexity index is 714. The molecule has 114 valence electrons. The van der Waals surface area contributed by atoms with Crippen LogP contribution in [0.1, 0.15) is 12.8 Å². The number of thioether (sulfide) groups is 1. The predicted molar refractivity (Wildman–Crippen MR) is 78.3 cm³/mol. The van der Waals surface area contributed by atoms with Gasteiger partial charge < -0.3 is 9.73 Å². The molecule has 9 heteroatoms. The van der Waals surface area contributed by atoms with Gasteiger partial charge in [0.05, 0.1) is 10.7 Å². The Morgan fingerprint density at radius 2 is 2.27 bits per heavy atom. The van der Waals surface area contributed by atoms with E-state index in [0.29, 0.717) is 11.6 Å². The maximum atomic E-state index is 11.6. The Hall–Kier alpha value is -2.42. The van der Waals surface area contributed by atoms with E-state index in [0.717, 1.165) is 24.6 Å². The van der Waals surface area contributed by atoms with Crippen LogP contribution in [0.25, 0.3) is 11.5 Å². The molecular weight excluding hydrogens is 308 g/mol. The minimum absolute atomic E-state index is 0.0475. The van der Waals surface area contributed by atoms with Crippen molar-refractivity contribution in [2.45, 2.75) is 24.1 Å². The number of benzene rings is 1. The van der Waals surface area contributed by atoms with Crippen LogP contribution in [0.15, 0.2) is 33.9 Å². The van der Waals surface area contributed by atoms with E-state index in [1.807, 2.05) is 0 Å². The highest BCUT2D eigenvalue weighted by molar-refractivity contribution is 7.99. The van der Waals surface area contributed by atoms with Crippen LogP contribution in [0.2, 0.25) is 0 Å². The number of hydrogen-bond donors (Lipinski definition) is 1. The number of nitro groups is 1. The van der Waals surface area contributed by atoms with Gasteiger partial charge in [-0.15, -0.1) is 10.2 Å². The zero-order valence-electron chi connectivity index (χ0n) is 11.4. The van der Waals surface area contributed by atoms with Gasteiger partial charge in [0, 0.05) is 23.7 Å². The number of carbonyl (C=O) groups is 1. The monoisotopic (exact) mass is 320 g/mol. The smallest absolute Gasteiger partial charge is 0.277 e. The molecule has 0 atom stereocenters. The topological polar surface area (TPSA) is 111 Å². The Balaban J connectivity index is 1.64. The third kappa shape index (κ3) is 3.61. The minimum Gasteiger partial charge on any atom is -0.411 e. The number of nitrogens with zero attached hydrogens (tertiary/aromatic N) is 3. The van der Waals surface area contributed by atoms with Gasteiger partial charge in [0.25, 0.3) is 10.9 Å². The number of nitrogens with one attached hydrogen (secondary N) is 1. The van der Waals surface area contributed by atoms with Gasteiger partial charge >= 0.3 is 0 Å². The summed E-state index contributed by atoms with van der Waals surface area (Å²) in [7, 11) is 0. The van der Waals surface area contributed by atoms with E-state index < -0.39 is 4.92 Å². The fourth-order valence-corrected chi connectivity index (χ4v) is 2.34. The van der Waals surface area contributed by atoms with Gasteiger partial charge in [-0.2, -0.15) is 0 Å². The van der Waals surface area contributed by atoms with E-state index in [1.165, 1.54) is 12.1 Å². The van der Waals surface area contributed by atoms with Crippen molar-refractivity contribution in [3.05, 3.63) is 34.4 Å². The summed E-state index contributed by atoms with van der Waals surface area (Å²) in [6, 6.07) is 6.26. The molecule has 1 aromatic carbocycles. The highest BCUT2D eigenvalue weighted by Gasteiger charge is 2.23. The van der Waals surface area contributed by atoms with Crippen molar-refractivity contribution in [1.29, 1.82) is 0 Å². The van der Waals surface area contributed by atoms with Crippen LogP contribution in [-0.4, -0.2) is 32.8 Å². The number of rotatable bonds is 6. The summed E-state index contributed by atoms with van der Waals surface area (Å²) in [6.07, 6.45) is 2.07. The van der Waals surface area contributed by atoms with E-state index in [1.54, 1.807) is 12.1 Å². The molecule has 0 saturated heterocycles. The molecule has 1 aliphatic carbocycles. The molecule has 1 amide bonds. The summed E-state index contributed by atoms with van der Waals surface area (Å²) in [5.41, 5.74) is 0.421. The first kappa shape index (κ1) is 14.5. The molecule has 0 spiro atoms. The van der Waals surface area contributed by atoms with Gasteiger partial charge in [-0.1, -0.05) is 17.8 Å². The van der Waals surface area contributed by atoms with Gasteiger partial charge in [-0.05, 0) is 18.9 Å². The molecule has 1 aliphatic rings. The van der Waals surface area contributed by atoms with Crippen LogP contribution in [0.5, 0.6) is 0 Å². The van der Waals surface area contributed by atoms with Crippen molar-refractivity contribution in [1.82, 2.24) is 15.5 Å². The molecule has 1 aromatic heterocycles. The number of aromatic nitrogens is 2. The summed E-state index contributed by atoms with van der Waals surface area (Å²) < 4.78 is 5.41. The molecule has 2 aromatic rings. The lowest BCUT2D eigenvalue weighted by atomic mass is 10.2. The average Bonchev–Trinajstić information content (AvgIpc) is 3.19. The summed E-state index contributed by atoms with van der Waals surface area (Å²) in [5, 5.41) is 21.5. The minimum atomic E-state index is -0.488. The van der Waals surface area contributed by atoms with Crippen LogP contribution in [0.4, 0.5) is 5.69 Å². The van der Waals surface area contributed by atoms with E-state index in [9.17, 15) is 14.9 Å². The Labute approximate surface area is 129 Å². The first-order chi connectivity index (χ1) is 10.6. The van der Waals surface area contributed by atoms with E-state index in [4.69, 9.17) is 4.42 Å². The molecule has 0 aliphatic heterocycles. The highest BCUT2D eigenvalue weighted by atomic mass is 32.2. The van der Waals surface area contributed by atoms with Crippen molar-refractivity contribution in [2.24, 2.45) is 0 Å². The molecule has 0 unspecified atom stereocenters. The van der Waals surface area contributed by atoms with Crippen molar-refractivity contribution >= 4 is 23.4 Å². The molecule has 1 N–H and O–H groups in total. The maximum Gasteiger partial charge on any atom is 0.277 e. The van der Waals surface area contributed by atoms with Gasteiger partial charge in [-0.25, -0.2) is 0 Å². The zero-order chi connectivity index (χ0) is 15.5. The summed E-state index contributed by atoms with van der Waals surface area (Å²) in [5.74, 6) is 0.323. The number of non-ortho nitro benzene ring substituents is 1. The van der Waals surface area contributed by atoms with Crippen LogP contribution in [0, 0.1) is 10.1 Å². The molecular formula is C13H12N4O4S. The van der Waals surface area contributed by atoms with Gasteiger partial charge in [-0.3, -0.25) is 14.9 Å². The average molecular weight is 320 g/mol. The number of amides is 1. The van der Waals surface area contributed by atoms with Gasteiger partial charge in [0.15, 0.2) is 0 Å². The zero-order valence-corrected chi connectivity index (χ0v) is 12.2. The molecule has 1 heterocycles. The highest BCUT2D eigenvalue weighted by Crippen LogP contribution is 2.26. The standard InChI is InChI=1S/C13H12N4O4S/c18-11(14-9-4-5-9)7-22-13-16-15-12(21-13)8-2-1-3-10(6-8)17(19)20/h1-3,6,9H,4-5,7H2,(H,14,18). The van der Waals surface area contributed by atoms with E-state index in [-0.39, 0.29) is 28.5 Å². The lowest BCUT2D eigenvalue weighted by Gasteiger charge is -1.99. The SMILES string of the molecule is O=C(CSc1nnc(-c2cccc([N+](=O)[O-])c2)o1)NC1CC1. The molecule has 1 saturated carbocycles. The normalized spacial score (nSPS) is 13.8. The van der Waals surface area contributed by atoms with E-state index >= 15 is 0 Å². The quantitative estimate of drug-likeness (QED) is 0.492. The van der Waals surface area contributed by atoms with Crippen molar-refractivity contribution < 1.29 is 14.1 Å². The molecule has 1 fully saturated rings. The molecule has 22 heavy (non-hydrogen) atoms. The fraction of sp³-hybridized carbons (Fsp3) is 0.308. The summed E-state index contributed by atoms with van der Waals surface area (Å²) in [6.45, 7) is 0. The first-order valence-electron chi connectivity index (χ1n) is 6.62. The van der Waals surface area contributed by atoms with Gasteiger partial charge in [0.1, 0.15) is 0 Å². The summed E-state index contributed by atoms with van der Waals surface area (Å²) >= 11 is 1.14. The van der Waals surface area contributed by atoms with Crippen molar-refractivity contribution in [3.8, 4) is 11.5 Å². The second-order valence-electron chi connectivity index (χ2n) is 4.81. The molecule has 3 rings (SSSR count). The number of carbonyl (C=O) groups excluding carboxylic acids is 1. The molecule has 0 radical (unpaired) electrons. The lowest BCUT2D eigenvalue weighted by Crippen LogP contribution is -2.26. The van der Waals surface area contributed by atoms with Crippen LogP contribution >= 0.6 is 11.8 Å². The second kappa shape index (κ2) is 6.14. The van der Waals surface area contributed by atoms with Crippen LogP contribution in [-0.2, 0) is 4.79 Å². The van der Waals surface area contributed by atoms with Crippen molar-refractivity contribution in [2.75, 3.05) is 5.75 Å². The van der Waals surface area contributed by atoms with Crippen molar-refractivity contribution in [3.63, 3.8) is 0 Å². The number of nitro benzene ring substituents is 1. The maximum absolute atomic E-state index is 11.6. The molecule has 0 bridgehead atoms. The predicted octanol–water partition coefficient (Wildman–Crippen LogP) is 2.02. The lowest BCUT2D eigenvalue weighted by molar-refractivity contribution is -0.384. The first-order valence-corrected chi connectivity index (χ1v) is 7.61. The van der Waals surface area contributed by atoms with Gasteiger partial charge in [0.2, 0.25) is 11.8 Å². The Morgan fingerprint density at radius 1 is 1.45 bits per heavy atom.